The second-order valence-corrected chi connectivity index (χ2v) is 21.2. The van der Waals surface area contributed by atoms with E-state index in [0.717, 1.165) is 55.3 Å². The van der Waals surface area contributed by atoms with Crippen molar-refractivity contribution in [3.63, 3.8) is 0 Å². The van der Waals surface area contributed by atoms with E-state index >= 15 is 0 Å². The number of hydrogen-bond donors (Lipinski definition) is 0. The van der Waals surface area contributed by atoms with Gasteiger partial charge >= 0.3 is 0 Å². The van der Waals surface area contributed by atoms with E-state index in [9.17, 15) is 40.5 Å². The van der Waals surface area contributed by atoms with Crippen molar-refractivity contribution in [2.45, 2.75) is 65.6 Å². The van der Waals surface area contributed by atoms with Crippen molar-refractivity contribution in [1.82, 2.24) is 0 Å². The summed E-state index contributed by atoms with van der Waals surface area (Å²) in [6.07, 6.45) is 0. The average molecular weight is 1020 g/mol. The maximum absolute atomic E-state index is 11.7. The lowest BCUT2D eigenvalue weighted by Crippen LogP contribution is -2.14. The smallest absolute Gasteiger partial charge is 0.270 e. The molecule has 18 nitrogen and oxygen atoms in total. The summed E-state index contributed by atoms with van der Waals surface area (Å²) in [5.41, 5.74) is 10.4. The number of furan rings is 4. The first kappa shape index (κ1) is 46.0. The highest BCUT2D eigenvalue weighted by atomic mass is 16.6. The van der Waals surface area contributed by atoms with Crippen LogP contribution in [0.5, 0.6) is 11.5 Å². The molecule has 6 heterocycles. The van der Waals surface area contributed by atoms with Gasteiger partial charge in [-0.05, 0) is 70.5 Å². The molecule has 376 valence electrons. The van der Waals surface area contributed by atoms with Gasteiger partial charge < -0.3 is 27.1 Å². The van der Waals surface area contributed by atoms with Crippen LogP contribution in [0.15, 0.2) is 127 Å². The molecule has 0 atom stereocenters. The molecule has 8 aromatic carbocycles. The molecule has 2 aliphatic rings. The number of benzene rings is 8. The molecule has 0 bridgehead atoms. The van der Waals surface area contributed by atoms with Crippen molar-refractivity contribution in [2.75, 3.05) is 0 Å². The second-order valence-electron chi connectivity index (χ2n) is 21.2. The highest BCUT2D eigenvalue weighted by molar-refractivity contribution is 6.24. The molecule has 14 rings (SSSR count). The number of fused-ring (bicyclic) bond motifs is 22. The largest absolute Gasteiger partial charge is 0.488 e. The van der Waals surface area contributed by atoms with Crippen LogP contribution in [0.3, 0.4) is 0 Å². The standard InChI is InChI=1S/2C29H20N2O7/c2*1-29(2,3)19-12-23-27(26-18-11-16(31(34)35)6-9-21(18)38-28(19)26)24-14(13-36-23)4-7-22-25(24)17-10-15(30(32)33)5-8-20(17)37-22/h2*4-12H,13H2,1-3H3. The molecular formula is C58H40N4O14. The molecule has 76 heavy (non-hydrogen) atoms. The van der Waals surface area contributed by atoms with Crippen LogP contribution in [0.4, 0.5) is 22.7 Å². The van der Waals surface area contributed by atoms with Gasteiger partial charge in [-0.25, -0.2) is 0 Å². The lowest BCUT2D eigenvalue weighted by atomic mass is 9.82. The van der Waals surface area contributed by atoms with Gasteiger partial charge in [-0.1, -0.05) is 53.7 Å². The zero-order valence-corrected chi connectivity index (χ0v) is 41.3. The molecular weight excluding hydrogens is 977 g/mol. The minimum Gasteiger partial charge on any atom is -0.488 e. The van der Waals surface area contributed by atoms with Crippen molar-refractivity contribution in [1.29, 1.82) is 0 Å². The van der Waals surface area contributed by atoms with E-state index < -0.39 is 19.7 Å². The van der Waals surface area contributed by atoms with Gasteiger partial charge in [0.15, 0.2) is 0 Å². The topological polar surface area (TPSA) is 244 Å². The number of rotatable bonds is 4. The van der Waals surface area contributed by atoms with Gasteiger partial charge in [0.2, 0.25) is 0 Å². The van der Waals surface area contributed by atoms with Crippen LogP contribution in [0.25, 0.3) is 110 Å². The van der Waals surface area contributed by atoms with E-state index in [1.807, 2.05) is 36.4 Å². The predicted molar refractivity (Wildman–Crippen MR) is 286 cm³/mol. The zero-order valence-electron chi connectivity index (χ0n) is 41.3. The summed E-state index contributed by atoms with van der Waals surface area (Å²) >= 11 is 0. The SMILES string of the molecule is CC(C)(C)c1cc2c(c3c1oc1ccc([N+](=O)[O-])cc13)-c1c(ccc3oc4ccc([N+](=O)[O-])cc4c13)CO2.CC(C)(C)c1cc2c(c3c1oc1ccc([N+](=O)[O-])cc13)-c1c(ccc3oc4ccc([N+](=O)[O-])cc4c13)CO2. The summed E-state index contributed by atoms with van der Waals surface area (Å²) in [6, 6.07) is 29.7. The fourth-order valence-electron chi connectivity index (χ4n) is 11.0. The van der Waals surface area contributed by atoms with Crippen LogP contribution in [-0.2, 0) is 24.0 Å². The molecule has 0 unspecified atom stereocenters. The minimum absolute atomic E-state index is 0.0392. The number of ether oxygens (including phenoxy) is 2. The number of non-ortho nitro benzene ring substituents is 4. The fraction of sp³-hybridized carbons (Fsp3) is 0.172. The third-order valence-electron chi connectivity index (χ3n) is 14.5. The molecule has 0 spiro atoms. The normalized spacial score (nSPS) is 13.1. The van der Waals surface area contributed by atoms with E-state index in [1.54, 1.807) is 24.3 Å². The summed E-state index contributed by atoms with van der Waals surface area (Å²) < 4.78 is 37.5. The third kappa shape index (κ3) is 6.79. The monoisotopic (exact) mass is 1020 g/mol. The van der Waals surface area contributed by atoms with E-state index in [2.05, 4.69) is 41.5 Å². The van der Waals surface area contributed by atoms with Gasteiger partial charge in [-0.2, -0.15) is 0 Å². The Morgan fingerprint density at radius 3 is 0.987 bits per heavy atom. The van der Waals surface area contributed by atoms with Crippen molar-refractivity contribution in [3.05, 3.63) is 172 Å². The maximum atomic E-state index is 11.7. The van der Waals surface area contributed by atoms with Crippen LogP contribution < -0.4 is 9.47 Å². The Labute approximate surface area is 427 Å². The first-order valence-corrected chi connectivity index (χ1v) is 24.1. The maximum Gasteiger partial charge on any atom is 0.270 e. The molecule has 0 saturated carbocycles. The van der Waals surface area contributed by atoms with Crippen molar-refractivity contribution in [3.8, 4) is 33.8 Å². The summed E-state index contributed by atoms with van der Waals surface area (Å²) in [7, 11) is 0. The van der Waals surface area contributed by atoms with E-state index in [1.165, 1.54) is 48.5 Å². The Morgan fingerprint density at radius 1 is 0.368 bits per heavy atom. The van der Waals surface area contributed by atoms with Crippen LogP contribution in [0.2, 0.25) is 0 Å². The van der Waals surface area contributed by atoms with Crippen LogP contribution in [0, 0.1) is 40.5 Å². The molecule has 0 saturated heterocycles. The van der Waals surface area contributed by atoms with Crippen molar-refractivity contribution in [2.24, 2.45) is 0 Å². The summed E-state index contributed by atoms with van der Waals surface area (Å²) in [6.45, 7) is 13.0. The third-order valence-corrected chi connectivity index (χ3v) is 14.5. The molecule has 0 fully saturated rings. The summed E-state index contributed by atoms with van der Waals surface area (Å²) in [4.78, 5) is 44.8. The lowest BCUT2D eigenvalue weighted by molar-refractivity contribution is -0.384. The summed E-state index contributed by atoms with van der Waals surface area (Å²) in [5, 5.41) is 51.8. The second kappa shape index (κ2) is 15.8. The quantitative estimate of drug-likeness (QED) is 0.118. The Kier molecular flexibility index (Phi) is 9.58. The number of nitrogens with zero attached hydrogens (tertiary/aromatic N) is 4. The molecule has 0 amide bonds. The van der Waals surface area contributed by atoms with Crippen molar-refractivity contribution >= 4 is 111 Å². The van der Waals surface area contributed by atoms with Gasteiger partial charge in [0, 0.05) is 125 Å². The van der Waals surface area contributed by atoms with Gasteiger partial charge in [0.25, 0.3) is 22.7 Å². The fourth-order valence-corrected chi connectivity index (χ4v) is 11.0. The van der Waals surface area contributed by atoms with E-state index in [4.69, 9.17) is 27.1 Å². The Balaban J connectivity index is 0.000000146. The molecule has 4 aromatic heterocycles. The zero-order chi connectivity index (χ0) is 53.0. The van der Waals surface area contributed by atoms with Gasteiger partial charge in [-0.15, -0.1) is 0 Å². The lowest BCUT2D eigenvalue weighted by Gasteiger charge is -2.26. The highest BCUT2D eigenvalue weighted by Crippen LogP contribution is 2.55. The number of nitro groups is 4. The first-order valence-electron chi connectivity index (χ1n) is 24.1. The van der Waals surface area contributed by atoms with Gasteiger partial charge in [0.1, 0.15) is 69.4 Å². The Morgan fingerprint density at radius 2 is 0.671 bits per heavy atom. The molecule has 0 aliphatic carbocycles. The van der Waals surface area contributed by atoms with Crippen molar-refractivity contribution < 1.29 is 46.8 Å². The minimum atomic E-state index is -0.429. The number of nitro benzene ring substituents is 4. The van der Waals surface area contributed by atoms with E-state index in [0.29, 0.717) is 102 Å². The molecule has 18 heteroatoms. The predicted octanol–water partition coefficient (Wildman–Crippen LogP) is 16.3. The Hall–Kier alpha value is -9.84. The first-order chi connectivity index (χ1) is 36.2. The molecule has 0 N–H and O–H groups in total. The molecule has 12 aromatic rings. The number of hydrogen-bond acceptors (Lipinski definition) is 14. The van der Waals surface area contributed by atoms with Crippen LogP contribution in [0.1, 0.15) is 63.8 Å². The van der Waals surface area contributed by atoms with Crippen LogP contribution >= 0.6 is 0 Å². The molecule has 0 radical (unpaired) electrons. The average Bonchev–Trinajstić information content (AvgIpc) is 4.31. The Bertz CT molecular complexity index is 4340. The van der Waals surface area contributed by atoms with Crippen LogP contribution in [-0.4, -0.2) is 19.7 Å². The summed E-state index contributed by atoms with van der Waals surface area (Å²) in [5.74, 6) is 1.24. The van der Waals surface area contributed by atoms with E-state index in [-0.39, 0.29) is 33.6 Å². The van der Waals surface area contributed by atoms with Gasteiger partial charge in [-0.3, -0.25) is 40.5 Å². The highest BCUT2D eigenvalue weighted by Gasteiger charge is 2.35. The van der Waals surface area contributed by atoms with Gasteiger partial charge in [0.05, 0.1) is 19.7 Å². The molecule has 2 aliphatic heterocycles.